The van der Waals surface area contributed by atoms with Gasteiger partial charge in [0.25, 0.3) is 5.91 Å². The maximum absolute atomic E-state index is 12.4. The second kappa shape index (κ2) is 6.05. The quantitative estimate of drug-likeness (QED) is 0.944. The number of amides is 1. The standard InChI is InChI=1S/C19H20N2O2/c22-19(20-18-13-21-11-10-15(18)12-21)14-6-8-17(9-7-14)23-16-4-2-1-3-5-16/h1-9,15,18H,10-13H2,(H,20,22)/t15-,18?/m0/s1. The Bertz CT molecular complexity index is 684. The lowest BCUT2D eigenvalue weighted by molar-refractivity contribution is 0.0924. The third-order valence-corrected chi connectivity index (χ3v) is 4.74. The second-order valence-electron chi connectivity index (χ2n) is 6.33. The monoisotopic (exact) mass is 308 g/mol. The predicted octanol–water partition coefficient (Wildman–Crippen LogP) is 2.91. The molecule has 23 heavy (non-hydrogen) atoms. The van der Waals surface area contributed by atoms with E-state index in [2.05, 4.69) is 10.2 Å². The molecule has 2 fully saturated rings. The first-order chi connectivity index (χ1) is 11.3. The number of para-hydroxylation sites is 1. The number of carbonyl (C=O) groups is 1. The molecule has 4 rings (SSSR count). The summed E-state index contributed by atoms with van der Waals surface area (Å²) >= 11 is 0. The molecule has 0 saturated carbocycles. The van der Waals surface area contributed by atoms with Crippen LogP contribution in [0.25, 0.3) is 0 Å². The number of hydrogen-bond donors (Lipinski definition) is 1. The molecule has 4 nitrogen and oxygen atoms in total. The smallest absolute Gasteiger partial charge is 0.251 e. The summed E-state index contributed by atoms with van der Waals surface area (Å²) < 4.78 is 5.75. The Balaban J connectivity index is 1.38. The van der Waals surface area contributed by atoms with Gasteiger partial charge in [-0.25, -0.2) is 0 Å². The summed E-state index contributed by atoms with van der Waals surface area (Å²) in [6.45, 7) is 3.31. The van der Waals surface area contributed by atoms with Crippen LogP contribution in [0.2, 0.25) is 0 Å². The molecular formula is C19H20N2O2. The largest absolute Gasteiger partial charge is 0.457 e. The zero-order valence-corrected chi connectivity index (χ0v) is 12.9. The zero-order valence-electron chi connectivity index (χ0n) is 12.9. The third-order valence-electron chi connectivity index (χ3n) is 4.74. The fraction of sp³-hybridized carbons (Fsp3) is 0.316. The van der Waals surface area contributed by atoms with Crippen molar-refractivity contribution in [1.82, 2.24) is 10.2 Å². The number of carbonyl (C=O) groups excluding carboxylic acids is 1. The lowest BCUT2D eigenvalue weighted by Crippen LogP contribution is -2.43. The fourth-order valence-electron chi connectivity index (χ4n) is 3.50. The van der Waals surface area contributed by atoms with Gasteiger partial charge in [-0.05, 0) is 55.3 Å². The molecule has 2 aliphatic rings. The van der Waals surface area contributed by atoms with Gasteiger partial charge in [-0.1, -0.05) is 18.2 Å². The van der Waals surface area contributed by atoms with Crippen molar-refractivity contribution in [1.29, 1.82) is 0 Å². The number of nitrogens with one attached hydrogen (secondary N) is 1. The van der Waals surface area contributed by atoms with Crippen molar-refractivity contribution in [3.63, 3.8) is 0 Å². The van der Waals surface area contributed by atoms with E-state index in [1.807, 2.05) is 54.6 Å². The number of hydrogen-bond acceptors (Lipinski definition) is 3. The molecule has 0 radical (unpaired) electrons. The van der Waals surface area contributed by atoms with E-state index in [-0.39, 0.29) is 5.91 Å². The summed E-state index contributed by atoms with van der Waals surface area (Å²) in [5.41, 5.74) is 0.684. The van der Waals surface area contributed by atoms with Crippen molar-refractivity contribution in [2.75, 3.05) is 19.6 Å². The van der Waals surface area contributed by atoms with E-state index in [4.69, 9.17) is 4.74 Å². The van der Waals surface area contributed by atoms with Gasteiger partial charge in [-0.15, -0.1) is 0 Å². The summed E-state index contributed by atoms with van der Waals surface area (Å²) in [6.07, 6.45) is 1.20. The topological polar surface area (TPSA) is 41.6 Å². The predicted molar refractivity (Wildman–Crippen MR) is 88.8 cm³/mol. The van der Waals surface area contributed by atoms with Crippen LogP contribution in [0.4, 0.5) is 0 Å². The van der Waals surface area contributed by atoms with Crippen molar-refractivity contribution < 1.29 is 9.53 Å². The Kier molecular flexibility index (Phi) is 3.75. The van der Waals surface area contributed by atoms with Crippen LogP contribution in [0, 0.1) is 5.92 Å². The first-order valence-electron chi connectivity index (χ1n) is 8.14. The summed E-state index contributed by atoms with van der Waals surface area (Å²) in [4.78, 5) is 14.8. The van der Waals surface area contributed by atoms with Crippen LogP contribution in [0.1, 0.15) is 16.8 Å². The minimum Gasteiger partial charge on any atom is -0.457 e. The molecule has 2 aromatic rings. The van der Waals surface area contributed by atoms with Gasteiger partial charge in [0.1, 0.15) is 11.5 Å². The maximum atomic E-state index is 12.4. The summed E-state index contributed by atoms with van der Waals surface area (Å²) in [5.74, 6) is 2.16. The number of nitrogens with zero attached hydrogens (tertiary/aromatic N) is 1. The van der Waals surface area contributed by atoms with E-state index in [0.29, 0.717) is 17.5 Å². The van der Waals surface area contributed by atoms with Crippen LogP contribution in [-0.2, 0) is 0 Å². The molecule has 2 heterocycles. The highest BCUT2D eigenvalue weighted by Crippen LogP contribution is 2.28. The molecule has 4 heteroatoms. The van der Waals surface area contributed by atoms with Crippen LogP contribution in [0.5, 0.6) is 11.5 Å². The van der Waals surface area contributed by atoms with Crippen LogP contribution < -0.4 is 10.1 Å². The number of fused-ring (bicyclic) bond motifs is 2. The van der Waals surface area contributed by atoms with E-state index in [1.54, 1.807) is 0 Å². The maximum Gasteiger partial charge on any atom is 0.251 e. The highest BCUT2D eigenvalue weighted by Gasteiger charge is 2.38. The Morgan fingerprint density at radius 1 is 1.00 bits per heavy atom. The van der Waals surface area contributed by atoms with Crippen LogP contribution in [0.3, 0.4) is 0 Å². The van der Waals surface area contributed by atoms with E-state index >= 15 is 0 Å². The number of ether oxygens (including phenoxy) is 1. The van der Waals surface area contributed by atoms with Crippen molar-refractivity contribution in [2.24, 2.45) is 5.92 Å². The summed E-state index contributed by atoms with van der Waals surface area (Å²) in [7, 11) is 0. The molecule has 0 spiro atoms. The summed E-state index contributed by atoms with van der Waals surface area (Å²) in [6, 6.07) is 17.3. The number of rotatable bonds is 4. The minimum atomic E-state index is 0.00927. The molecule has 2 aromatic carbocycles. The van der Waals surface area contributed by atoms with Gasteiger partial charge in [-0.3, -0.25) is 4.79 Å². The van der Waals surface area contributed by atoms with Crippen LogP contribution in [0.15, 0.2) is 54.6 Å². The Morgan fingerprint density at radius 3 is 2.39 bits per heavy atom. The van der Waals surface area contributed by atoms with Crippen molar-refractivity contribution >= 4 is 5.91 Å². The average Bonchev–Trinajstić information content (AvgIpc) is 3.19. The molecule has 3 atom stereocenters. The van der Waals surface area contributed by atoms with Gasteiger partial charge in [0.05, 0.1) is 0 Å². The van der Waals surface area contributed by atoms with Crippen molar-refractivity contribution in [3.05, 3.63) is 60.2 Å². The highest BCUT2D eigenvalue weighted by atomic mass is 16.5. The molecule has 1 amide bonds. The number of benzene rings is 2. The van der Waals surface area contributed by atoms with Crippen LogP contribution >= 0.6 is 0 Å². The Hall–Kier alpha value is -2.33. The Labute approximate surface area is 136 Å². The highest BCUT2D eigenvalue weighted by molar-refractivity contribution is 5.94. The molecule has 118 valence electrons. The first kappa shape index (κ1) is 14.3. The first-order valence-corrected chi connectivity index (χ1v) is 8.14. The van der Waals surface area contributed by atoms with E-state index in [1.165, 1.54) is 13.0 Å². The third kappa shape index (κ3) is 3.08. The lowest BCUT2D eigenvalue weighted by atomic mass is 9.99. The normalized spacial score (nSPS) is 25.3. The van der Waals surface area contributed by atoms with E-state index < -0.39 is 0 Å². The van der Waals surface area contributed by atoms with Crippen molar-refractivity contribution in [3.8, 4) is 11.5 Å². The number of piperidine rings is 1. The van der Waals surface area contributed by atoms with Gasteiger partial charge < -0.3 is 15.0 Å². The Morgan fingerprint density at radius 2 is 1.74 bits per heavy atom. The van der Waals surface area contributed by atoms with Gasteiger partial charge >= 0.3 is 0 Å². The molecule has 0 aliphatic carbocycles. The second-order valence-corrected chi connectivity index (χ2v) is 6.33. The fourth-order valence-corrected chi connectivity index (χ4v) is 3.50. The van der Waals surface area contributed by atoms with E-state index in [0.717, 1.165) is 24.6 Å². The lowest BCUT2D eigenvalue weighted by Gasteiger charge is -2.23. The van der Waals surface area contributed by atoms with Crippen molar-refractivity contribution in [2.45, 2.75) is 12.5 Å². The SMILES string of the molecule is O=C(NC1CN2CC[C@H]1C2)c1ccc(Oc2ccccc2)cc1. The van der Waals surface area contributed by atoms with Gasteiger partial charge in [-0.2, -0.15) is 0 Å². The van der Waals surface area contributed by atoms with Crippen LogP contribution in [-0.4, -0.2) is 36.5 Å². The molecule has 0 aromatic heterocycles. The van der Waals surface area contributed by atoms with Gasteiger partial charge in [0, 0.05) is 24.7 Å². The molecule has 1 N–H and O–H groups in total. The molecule has 2 unspecified atom stereocenters. The zero-order chi connectivity index (χ0) is 15.6. The summed E-state index contributed by atoms with van der Waals surface area (Å²) in [5, 5.41) is 3.17. The molecule has 2 bridgehead atoms. The molecular weight excluding hydrogens is 288 g/mol. The van der Waals surface area contributed by atoms with Gasteiger partial charge in [0.2, 0.25) is 0 Å². The van der Waals surface area contributed by atoms with E-state index in [9.17, 15) is 4.79 Å². The molecule has 2 aliphatic heterocycles. The minimum absolute atomic E-state index is 0.00927. The van der Waals surface area contributed by atoms with Gasteiger partial charge in [0.15, 0.2) is 0 Å². The molecule has 2 saturated heterocycles. The average molecular weight is 308 g/mol.